The Labute approximate surface area is 434 Å². The summed E-state index contributed by atoms with van der Waals surface area (Å²) in [7, 11) is 0. The third-order valence-corrected chi connectivity index (χ3v) is 15.0. The van der Waals surface area contributed by atoms with Crippen LogP contribution >= 0.6 is 56.0 Å². The highest BCUT2D eigenvalue weighted by Gasteiger charge is 2.55. The number of β-lactam (4-membered cyclic amide) rings is 1. The summed E-state index contributed by atoms with van der Waals surface area (Å²) in [5, 5.41) is 12.9. The standard InChI is InChI=1S/C54H50BrN5O7S2.BrH/c1-52(2,3)66-50(64)53(30-19-31-53)67-59-42(41-34-69-51(56-41)58-54(38-24-13-6-14-25-38,39-26-15-7-16-27-39)40-28-17-8-18-29-40)46(61)57-43-47(62)60-44(37(32-55)33-68-48(43)60)49(63)65-45(35-20-9-4-10-21-35)36-22-11-5-12-23-36;/h4-18,20-29,34,43,45,48H,19,30-33H2,1-3H3,(H,56,58)(H,57,61);1H/b59-42-;/t43-,48-;/m1./s1. The number of hydrogen-bond acceptors (Lipinski definition) is 12. The average Bonchev–Trinajstić information content (AvgIpc) is 3.82. The summed E-state index contributed by atoms with van der Waals surface area (Å²) in [6.07, 6.45) is 0.629. The number of thiazole rings is 1. The molecule has 1 saturated carbocycles. The first-order valence-electron chi connectivity index (χ1n) is 22.7. The summed E-state index contributed by atoms with van der Waals surface area (Å²) in [6.45, 7) is 5.33. The van der Waals surface area contributed by atoms with Crippen LogP contribution in [0.5, 0.6) is 0 Å². The molecule has 1 saturated heterocycles. The van der Waals surface area contributed by atoms with Crippen LogP contribution in [0.1, 0.15) is 79.6 Å². The second-order valence-electron chi connectivity index (χ2n) is 17.9. The molecule has 9 rings (SSSR count). The van der Waals surface area contributed by atoms with E-state index in [1.807, 2.05) is 115 Å². The van der Waals surface area contributed by atoms with Gasteiger partial charge in [0.05, 0.1) is 0 Å². The van der Waals surface area contributed by atoms with Crippen LogP contribution in [0.3, 0.4) is 0 Å². The maximum Gasteiger partial charge on any atom is 0.356 e. The summed E-state index contributed by atoms with van der Waals surface area (Å²) < 4.78 is 12.0. The number of ether oxygens (including phenoxy) is 2. The van der Waals surface area contributed by atoms with Gasteiger partial charge in [0.25, 0.3) is 11.8 Å². The van der Waals surface area contributed by atoms with Crippen molar-refractivity contribution in [1.82, 2.24) is 15.2 Å². The molecule has 2 amide bonds. The number of nitrogens with one attached hydrogen (secondary N) is 2. The van der Waals surface area contributed by atoms with Gasteiger partial charge in [-0.3, -0.25) is 14.5 Å². The van der Waals surface area contributed by atoms with Crippen molar-refractivity contribution < 1.29 is 33.5 Å². The van der Waals surface area contributed by atoms with Crippen LogP contribution in [0.25, 0.3) is 0 Å². The van der Waals surface area contributed by atoms with E-state index >= 15 is 0 Å². The number of amides is 2. The van der Waals surface area contributed by atoms with Gasteiger partial charge in [0.1, 0.15) is 33.9 Å². The van der Waals surface area contributed by atoms with E-state index in [-0.39, 0.29) is 34.1 Å². The molecule has 3 heterocycles. The average molecular weight is 1110 g/mol. The van der Waals surface area contributed by atoms with E-state index in [2.05, 4.69) is 68.1 Å². The molecule has 3 aliphatic rings. The minimum absolute atomic E-state index is 0. The molecule has 1 aliphatic carbocycles. The number of rotatable bonds is 16. The zero-order valence-corrected chi connectivity index (χ0v) is 43.5. The molecule has 0 radical (unpaired) electrons. The number of aromatic nitrogens is 1. The van der Waals surface area contributed by atoms with E-state index in [1.54, 1.807) is 26.2 Å². The minimum Gasteiger partial charge on any atom is -0.457 e. The van der Waals surface area contributed by atoms with Crippen molar-refractivity contribution >= 4 is 90.6 Å². The van der Waals surface area contributed by atoms with Gasteiger partial charge in [-0.1, -0.05) is 173 Å². The van der Waals surface area contributed by atoms with Crippen molar-refractivity contribution in [2.24, 2.45) is 5.16 Å². The van der Waals surface area contributed by atoms with Gasteiger partial charge in [-0.15, -0.1) is 40.1 Å². The van der Waals surface area contributed by atoms with Gasteiger partial charge in [0.2, 0.25) is 5.60 Å². The van der Waals surface area contributed by atoms with E-state index in [1.165, 1.54) is 28.0 Å². The van der Waals surface area contributed by atoms with Crippen LogP contribution in [-0.4, -0.2) is 73.0 Å². The van der Waals surface area contributed by atoms with Crippen LogP contribution in [-0.2, 0) is 39.0 Å². The molecule has 0 spiro atoms. The molecule has 6 aromatic rings. The van der Waals surface area contributed by atoms with Crippen LogP contribution in [0.15, 0.2) is 173 Å². The predicted molar refractivity (Wildman–Crippen MR) is 282 cm³/mol. The van der Waals surface area contributed by atoms with Crippen LogP contribution in [0.2, 0.25) is 0 Å². The molecule has 12 nitrogen and oxygen atoms in total. The first-order chi connectivity index (χ1) is 33.4. The van der Waals surface area contributed by atoms with Crippen molar-refractivity contribution in [3.8, 4) is 0 Å². The minimum atomic E-state index is -1.41. The maximum absolute atomic E-state index is 14.8. The normalized spacial score (nSPS) is 17.5. The first-order valence-corrected chi connectivity index (χ1v) is 25.7. The Balaban J connectivity index is 0.00000659. The van der Waals surface area contributed by atoms with Crippen molar-refractivity contribution in [3.05, 3.63) is 202 Å². The second kappa shape index (κ2) is 21.5. The highest BCUT2D eigenvalue weighted by Crippen LogP contribution is 2.44. The molecule has 2 aliphatic heterocycles. The Kier molecular flexibility index (Phi) is 15.5. The number of hydrogen-bond donors (Lipinski definition) is 2. The van der Waals surface area contributed by atoms with E-state index in [4.69, 9.17) is 19.3 Å². The lowest BCUT2D eigenvalue weighted by Crippen LogP contribution is -2.71. The molecular formula is C54H51Br2N5O7S2. The number of benzene rings is 5. The smallest absolute Gasteiger partial charge is 0.356 e. The Morgan fingerprint density at radius 1 is 0.814 bits per heavy atom. The van der Waals surface area contributed by atoms with Crippen LogP contribution < -0.4 is 10.6 Å². The number of oxime groups is 1. The highest BCUT2D eigenvalue weighted by molar-refractivity contribution is 9.09. The van der Waals surface area contributed by atoms with Crippen molar-refractivity contribution in [2.45, 2.75) is 74.3 Å². The topological polar surface area (TPSA) is 149 Å². The van der Waals surface area contributed by atoms with Crippen molar-refractivity contribution in [3.63, 3.8) is 0 Å². The summed E-state index contributed by atoms with van der Waals surface area (Å²) in [4.78, 5) is 69.5. The van der Waals surface area contributed by atoms with Gasteiger partial charge in [0, 0.05) is 29.3 Å². The number of nitrogens with zero attached hydrogens (tertiary/aromatic N) is 3. The fraction of sp³-hybridized carbons (Fsp3) is 0.259. The number of esters is 2. The molecule has 70 heavy (non-hydrogen) atoms. The Morgan fingerprint density at radius 3 is 1.80 bits per heavy atom. The van der Waals surface area contributed by atoms with Gasteiger partial charge < -0.3 is 24.9 Å². The quantitative estimate of drug-likeness (QED) is 0.0240. The lowest BCUT2D eigenvalue weighted by atomic mass is 9.77. The van der Waals surface area contributed by atoms with Crippen molar-refractivity contribution in [2.75, 3.05) is 16.4 Å². The molecule has 2 N–H and O–H groups in total. The zero-order chi connectivity index (χ0) is 48.2. The van der Waals surface area contributed by atoms with Gasteiger partial charge in [-0.2, -0.15) is 0 Å². The lowest BCUT2D eigenvalue weighted by molar-refractivity contribution is -0.196. The Hall–Kier alpha value is -6.07. The number of halogens is 2. The lowest BCUT2D eigenvalue weighted by Gasteiger charge is -2.49. The summed E-state index contributed by atoms with van der Waals surface area (Å²) in [6, 6.07) is 48.0. The number of carbonyl (C=O) groups excluding carboxylic acids is 4. The SMILES string of the molecule is Br.CC(C)(C)OC(=O)C1(O/N=C(\C(=O)N[C@@H]2C(=O)N3C(C(=O)OC(c4ccccc4)c4ccccc4)=C(CBr)CS[C@H]23)c2csc(NC(c3ccccc3)(c3ccccc3)c3ccccc3)n2)CCC1. The third kappa shape index (κ3) is 10.2. The number of anilines is 1. The summed E-state index contributed by atoms with van der Waals surface area (Å²) in [5.74, 6) is -2.09. The molecule has 16 heteroatoms. The van der Waals surface area contributed by atoms with E-state index < -0.39 is 58.0 Å². The summed E-state index contributed by atoms with van der Waals surface area (Å²) >= 11 is 6.23. The number of carbonyl (C=O) groups is 4. The maximum atomic E-state index is 14.8. The summed E-state index contributed by atoms with van der Waals surface area (Å²) in [5.41, 5.74) is 2.00. The predicted octanol–water partition coefficient (Wildman–Crippen LogP) is 10.5. The largest absolute Gasteiger partial charge is 0.457 e. The van der Waals surface area contributed by atoms with E-state index in [0.717, 1.165) is 27.8 Å². The Morgan fingerprint density at radius 2 is 1.33 bits per heavy atom. The molecule has 2 atom stereocenters. The molecule has 0 bridgehead atoms. The fourth-order valence-corrected chi connectivity index (χ4v) is 11.5. The molecular weight excluding hydrogens is 1050 g/mol. The number of thioether (sulfide) groups is 1. The zero-order valence-electron chi connectivity index (χ0n) is 38.6. The van der Waals surface area contributed by atoms with Gasteiger partial charge in [-0.25, -0.2) is 14.6 Å². The van der Waals surface area contributed by atoms with Crippen LogP contribution in [0, 0.1) is 0 Å². The molecule has 1 aromatic heterocycles. The molecule has 2 fully saturated rings. The van der Waals surface area contributed by atoms with Gasteiger partial charge in [0.15, 0.2) is 16.9 Å². The highest BCUT2D eigenvalue weighted by atomic mass is 79.9. The molecule has 360 valence electrons. The fourth-order valence-electron chi connectivity index (χ4n) is 8.65. The number of fused-ring (bicyclic) bond motifs is 1. The third-order valence-electron chi connectivity index (χ3n) is 12.2. The first kappa shape index (κ1) is 50.3. The second-order valence-corrected chi connectivity index (χ2v) is 20.5. The van der Waals surface area contributed by atoms with E-state index in [9.17, 15) is 19.2 Å². The number of alkyl halides is 1. The molecule has 5 aromatic carbocycles. The molecule has 0 unspecified atom stereocenters. The Bertz CT molecular complexity index is 2740. The van der Waals surface area contributed by atoms with Crippen LogP contribution in [0.4, 0.5) is 5.13 Å². The van der Waals surface area contributed by atoms with Crippen molar-refractivity contribution in [1.29, 1.82) is 0 Å². The monoisotopic (exact) mass is 1100 g/mol. The van der Waals surface area contributed by atoms with Gasteiger partial charge >= 0.3 is 11.9 Å². The van der Waals surface area contributed by atoms with E-state index in [0.29, 0.717) is 41.1 Å². The van der Waals surface area contributed by atoms with Gasteiger partial charge in [-0.05, 0) is 60.6 Å².